The Balaban J connectivity index is 3.31. The Hall–Kier alpha value is -1.24. The normalized spacial score (nSPS) is 10.9. The molecule has 0 N–H and O–H groups in total. The van der Waals surface area contributed by atoms with Crippen LogP contribution >= 0.6 is 23.2 Å². The lowest BCUT2D eigenvalue weighted by Crippen LogP contribution is -2.04. The Bertz CT molecular complexity index is 390. The van der Waals surface area contributed by atoms with Gasteiger partial charge in [0.2, 0.25) is 12.1 Å². The van der Waals surface area contributed by atoms with Gasteiger partial charge < -0.3 is 4.74 Å². The van der Waals surface area contributed by atoms with Crippen molar-refractivity contribution in [3.63, 3.8) is 0 Å². The van der Waals surface area contributed by atoms with E-state index in [0.717, 1.165) is 0 Å². The highest BCUT2D eigenvalue weighted by atomic mass is 35.5. The maximum Gasteiger partial charge on any atom is 0.234 e. The van der Waals surface area contributed by atoms with E-state index in [2.05, 4.69) is 4.99 Å². The summed E-state index contributed by atoms with van der Waals surface area (Å²) in [7, 11) is 1.40. The summed E-state index contributed by atoms with van der Waals surface area (Å²) in [6, 6.07) is 5.00. The van der Waals surface area contributed by atoms with Crippen LogP contribution in [0.2, 0.25) is 10.0 Å². The minimum absolute atomic E-state index is 0.114. The molecule has 0 radical (unpaired) electrons. The van der Waals surface area contributed by atoms with Gasteiger partial charge in [0.05, 0.1) is 22.7 Å². The summed E-state index contributed by atoms with van der Waals surface area (Å²) < 4.78 is 4.90. The molecule has 1 aromatic rings. The maximum atomic E-state index is 8.41. The van der Waals surface area contributed by atoms with Crippen LogP contribution in [0.4, 0.5) is 0 Å². The second-order valence-electron chi connectivity index (χ2n) is 2.32. The molecule has 0 saturated carbocycles. The molecule has 0 amide bonds. The zero-order valence-electron chi connectivity index (χ0n) is 7.29. The molecule has 0 fully saturated rings. The molecule has 0 aliphatic carbocycles. The van der Waals surface area contributed by atoms with Gasteiger partial charge in [0.25, 0.3) is 0 Å². The Kier molecular flexibility index (Phi) is 3.75. The number of nitrogens with zero attached hydrogens (tertiary/aromatic N) is 2. The third-order valence-electron chi connectivity index (χ3n) is 1.52. The molecule has 0 aliphatic rings. The van der Waals surface area contributed by atoms with Crippen LogP contribution in [0.5, 0.6) is 0 Å². The van der Waals surface area contributed by atoms with Crippen LogP contribution < -0.4 is 0 Å². The van der Waals surface area contributed by atoms with Gasteiger partial charge in [-0.25, -0.2) is 0 Å². The van der Waals surface area contributed by atoms with E-state index < -0.39 is 0 Å². The summed E-state index contributed by atoms with van der Waals surface area (Å²) in [6.45, 7) is 0. The summed E-state index contributed by atoms with van der Waals surface area (Å²) >= 11 is 11.8. The minimum atomic E-state index is 0.114. The summed E-state index contributed by atoms with van der Waals surface area (Å²) in [5, 5.41) is 9.20. The minimum Gasteiger partial charge on any atom is -0.480 e. The van der Waals surface area contributed by atoms with Crippen LogP contribution in [-0.2, 0) is 4.74 Å². The molecule has 0 bridgehead atoms. The van der Waals surface area contributed by atoms with E-state index >= 15 is 0 Å². The Morgan fingerprint density at radius 2 is 2.00 bits per heavy atom. The lowest BCUT2D eigenvalue weighted by atomic mass is 10.2. The number of hydrogen-bond donors (Lipinski definition) is 0. The standard InChI is InChI=1S/C9H6Cl2N2O/c1-14-9(13-5-12)8-6(10)3-2-4-7(8)11/h2-4H,1H3. The van der Waals surface area contributed by atoms with Crippen LogP contribution in [0, 0.1) is 11.5 Å². The third-order valence-corrected chi connectivity index (χ3v) is 2.15. The van der Waals surface area contributed by atoms with Gasteiger partial charge in [0.1, 0.15) is 0 Å². The Labute approximate surface area is 91.5 Å². The van der Waals surface area contributed by atoms with Gasteiger partial charge in [-0.1, -0.05) is 29.3 Å². The number of aliphatic imine (C=N–C) groups is 1. The van der Waals surface area contributed by atoms with Crippen LogP contribution in [0.25, 0.3) is 0 Å². The number of hydrogen-bond acceptors (Lipinski definition) is 3. The number of nitriles is 1. The van der Waals surface area contributed by atoms with Gasteiger partial charge in [0, 0.05) is 0 Å². The Morgan fingerprint density at radius 1 is 1.43 bits per heavy atom. The molecule has 0 spiro atoms. The molecule has 0 aliphatic heterocycles. The van der Waals surface area contributed by atoms with E-state index in [1.807, 2.05) is 0 Å². The van der Waals surface area contributed by atoms with Gasteiger partial charge in [0.15, 0.2) is 0 Å². The average molecular weight is 229 g/mol. The summed E-state index contributed by atoms with van der Waals surface area (Å²) in [6.07, 6.45) is 1.62. The van der Waals surface area contributed by atoms with Gasteiger partial charge in [-0.3, -0.25) is 0 Å². The average Bonchev–Trinajstić information content (AvgIpc) is 2.16. The van der Waals surface area contributed by atoms with Crippen LogP contribution in [-0.4, -0.2) is 13.0 Å². The first-order valence-corrected chi connectivity index (χ1v) is 4.41. The van der Waals surface area contributed by atoms with Crippen LogP contribution in [0.1, 0.15) is 5.56 Å². The number of benzene rings is 1. The molecule has 1 aromatic carbocycles. The van der Waals surface area contributed by atoms with E-state index in [1.54, 1.807) is 24.4 Å². The quantitative estimate of drug-likeness (QED) is 0.422. The molecule has 5 heteroatoms. The number of halogens is 2. The lowest BCUT2D eigenvalue weighted by Gasteiger charge is -2.06. The predicted molar refractivity (Wildman–Crippen MR) is 55.6 cm³/mol. The van der Waals surface area contributed by atoms with Crippen molar-refractivity contribution >= 4 is 29.1 Å². The van der Waals surface area contributed by atoms with E-state index in [0.29, 0.717) is 15.6 Å². The second-order valence-corrected chi connectivity index (χ2v) is 3.13. The topological polar surface area (TPSA) is 45.4 Å². The van der Waals surface area contributed by atoms with Gasteiger partial charge in [-0.15, -0.1) is 4.99 Å². The fraction of sp³-hybridized carbons (Fsp3) is 0.111. The molecule has 0 aromatic heterocycles. The first kappa shape index (κ1) is 10.8. The van der Waals surface area contributed by atoms with Crippen molar-refractivity contribution in [3.8, 4) is 6.19 Å². The highest BCUT2D eigenvalue weighted by Crippen LogP contribution is 2.25. The summed E-state index contributed by atoms with van der Waals surface area (Å²) in [4.78, 5) is 3.47. The van der Waals surface area contributed by atoms with Gasteiger partial charge >= 0.3 is 0 Å². The third kappa shape index (κ3) is 2.16. The van der Waals surface area contributed by atoms with Crippen LogP contribution in [0.15, 0.2) is 23.2 Å². The molecule has 0 saturated heterocycles. The molecular weight excluding hydrogens is 223 g/mol. The molecule has 0 unspecified atom stereocenters. The summed E-state index contributed by atoms with van der Waals surface area (Å²) in [5.74, 6) is 0.114. The lowest BCUT2D eigenvalue weighted by molar-refractivity contribution is 0.405. The van der Waals surface area contributed by atoms with Crippen molar-refractivity contribution in [2.45, 2.75) is 0 Å². The maximum absolute atomic E-state index is 8.41. The highest BCUT2D eigenvalue weighted by Gasteiger charge is 2.12. The zero-order chi connectivity index (χ0) is 10.6. The molecule has 72 valence electrons. The second kappa shape index (κ2) is 4.85. The van der Waals surface area contributed by atoms with Crippen molar-refractivity contribution in [2.75, 3.05) is 7.11 Å². The fourth-order valence-corrected chi connectivity index (χ4v) is 1.51. The molecule has 14 heavy (non-hydrogen) atoms. The zero-order valence-corrected chi connectivity index (χ0v) is 8.80. The number of methoxy groups -OCH3 is 1. The fourth-order valence-electron chi connectivity index (χ4n) is 0.951. The predicted octanol–water partition coefficient (Wildman–Crippen LogP) is 2.87. The van der Waals surface area contributed by atoms with Crippen LogP contribution in [0.3, 0.4) is 0 Å². The SMILES string of the molecule is COC(=NC#N)c1c(Cl)cccc1Cl. The smallest absolute Gasteiger partial charge is 0.234 e. The molecule has 0 atom stereocenters. The first-order chi connectivity index (χ1) is 6.70. The first-order valence-electron chi connectivity index (χ1n) is 3.66. The number of ether oxygens (including phenoxy) is 1. The molecule has 0 heterocycles. The molecule has 1 rings (SSSR count). The molecule has 3 nitrogen and oxygen atoms in total. The largest absolute Gasteiger partial charge is 0.480 e. The van der Waals surface area contributed by atoms with Gasteiger partial charge in [-0.2, -0.15) is 5.26 Å². The van der Waals surface area contributed by atoms with Gasteiger partial charge in [-0.05, 0) is 12.1 Å². The van der Waals surface area contributed by atoms with Crippen molar-refractivity contribution in [1.29, 1.82) is 5.26 Å². The monoisotopic (exact) mass is 228 g/mol. The Morgan fingerprint density at radius 3 is 2.43 bits per heavy atom. The van der Waals surface area contributed by atoms with Crippen molar-refractivity contribution in [3.05, 3.63) is 33.8 Å². The number of rotatable bonds is 1. The van der Waals surface area contributed by atoms with E-state index in [-0.39, 0.29) is 5.90 Å². The highest BCUT2D eigenvalue weighted by molar-refractivity contribution is 6.39. The van der Waals surface area contributed by atoms with Crippen molar-refractivity contribution in [1.82, 2.24) is 0 Å². The van der Waals surface area contributed by atoms with Crippen molar-refractivity contribution in [2.24, 2.45) is 4.99 Å². The molecular formula is C9H6Cl2N2O. The van der Waals surface area contributed by atoms with E-state index in [9.17, 15) is 0 Å². The summed E-state index contributed by atoms with van der Waals surface area (Å²) in [5.41, 5.74) is 0.430. The van der Waals surface area contributed by atoms with E-state index in [4.69, 9.17) is 33.2 Å². The van der Waals surface area contributed by atoms with E-state index in [1.165, 1.54) is 7.11 Å². The van der Waals surface area contributed by atoms with Crippen molar-refractivity contribution < 1.29 is 4.74 Å².